The zero-order valence-electron chi connectivity index (χ0n) is 11.7. The number of thiazole rings is 1. The molecule has 5 heteroatoms. The topological polar surface area (TPSA) is 34.2 Å². The van der Waals surface area contributed by atoms with Crippen molar-refractivity contribution in [1.82, 2.24) is 4.98 Å². The molecule has 1 N–H and O–H groups in total. The molecule has 0 atom stereocenters. The van der Waals surface area contributed by atoms with Crippen molar-refractivity contribution < 1.29 is 4.74 Å². The van der Waals surface area contributed by atoms with Crippen LogP contribution in [0.4, 0.5) is 5.69 Å². The Labute approximate surface area is 137 Å². The third-order valence-electron chi connectivity index (χ3n) is 3.56. The summed E-state index contributed by atoms with van der Waals surface area (Å²) < 4.78 is 5.61. The molecular weight excluding hydrogens is 316 g/mol. The van der Waals surface area contributed by atoms with E-state index in [-0.39, 0.29) is 0 Å². The Hall–Kier alpha value is -2.04. The lowest BCUT2D eigenvalue weighted by Gasteiger charge is -2.19. The van der Waals surface area contributed by atoms with Gasteiger partial charge < -0.3 is 10.1 Å². The fourth-order valence-corrected chi connectivity index (χ4v) is 3.61. The first kappa shape index (κ1) is 13.6. The minimum atomic E-state index is 0.708. The van der Waals surface area contributed by atoms with Crippen LogP contribution in [-0.4, -0.2) is 18.1 Å². The Morgan fingerprint density at radius 3 is 3.00 bits per heavy atom. The maximum atomic E-state index is 6.25. The molecule has 1 aromatic heterocycles. The van der Waals surface area contributed by atoms with E-state index < -0.39 is 0 Å². The molecule has 0 radical (unpaired) electrons. The van der Waals surface area contributed by atoms with Gasteiger partial charge in [0.2, 0.25) is 0 Å². The summed E-state index contributed by atoms with van der Waals surface area (Å²) in [6.45, 7) is 1.54. The summed E-state index contributed by atoms with van der Waals surface area (Å²) in [7, 11) is 0. The molecule has 3 nitrogen and oxygen atoms in total. The van der Waals surface area contributed by atoms with Crippen molar-refractivity contribution in [3.63, 3.8) is 0 Å². The Kier molecular flexibility index (Phi) is 3.48. The fourth-order valence-electron chi connectivity index (χ4n) is 2.46. The number of benzene rings is 2. The van der Waals surface area contributed by atoms with E-state index in [1.54, 1.807) is 11.3 Å². The molecule has 22 heavy (non-hydrogen) atoms. The van der Waals surface area contributed by atoms with Gasteiger partial charge in [0, 0.05) is 23.1 Å². The standard InChI is InChI=1S/C17H13ClN2OS/c18-13-4-2-1-3-12(13)17-20-15(10-22-17)11-5-6-16-14(9-11)19-7-8-21-16/h1-6,9-10,19H,7-8H2. The lowest BCUT2D eigenvalue weighted by atomic mass is 10.1. The highest BCUT2D eigenvalue weighted by Crippen LogP contribution is 2.36. The van der Waals surface area contributed by atoms with Crippen molar-refractivity contribution >= 4 is 28.6 Å². The van der Waals surface area contributed by atoms with E-state index in [9.17, 15) is 0 Å². The second kappa shape index (κ2) is 5.63. The predicted molar refractivity (Wildman–Crippen MR) is 92.0 cm³/mol. The Morgan fingerprint density at radius 2 is 2.09 bits per heavy atom. The summed E-state index contributed by atoms with van der Waals surface area (Å²) in [6, 6.07) is 13.9. The molecule has 0 aliphatic carbocycles. The molecule has 2 aromatic carbocycles. The zero-order valence-corrected chi connectivity index (χ0v) is 13.2. The van der Waals surface area contributed by atoms with Gasteiger partial charge in [-0.05, 0) is 24.3 Å². The smallest absolute Gasteiger partial charge is 0.142 e. The van der Waals surface area contributed by atoms with E-state index in [2.05, 4.69) is 16.8 Å². The van der Waals surface area contributed by atoms with Crippen molar-refractivity contribution in [2.75, 3.05) is 18.5 Å². The predicted octanol–water partition coefficient (Wildman–Crippen LogP) is 4.93. The molecule has 110 valence electrons. The van der Waals surface area contributed by atoms with Gasteiger partial charge >= 0.3 is 0 Å². The molecule has 0 unspecified atom stereocenters. The quantitative estimate of drug-likeness (QED) is 0.724. The summed E-state index contributed by atoms with van der Waals surface area (Å²) in [5, 5.41) is 7.07. The molecule has 0 saturated carbocycles. The van der Waals surface area contributed by atoms with E-state index in [1.165, 1.54) is 0 Å². The number of ether oxygens (including phenoxy) is 1. The van der Waals surface area contributed by atoms with Gasteiger partial charge in [-0.2, -0.15) is 0 Å². The number of hydrogen-bond acceptors (Lipinski definition) is 4. The summed E-state index contributed by atoms with van der Waals surface area (Å²) in [4.78, 5) is 4.73. The van der Waals surface area contributed by atoms with Gasteiger partial charge in [-0.3, -0.25) is 0 Å². The van der Waals surface area contributed by atoms with Gasteiger partial charge in [0.05, 0.1) is 16.4 Å². The normalized spacial score (nSPS) is 13.1. The molecule has 1 aliphatic rings. The number of nitrogens with zero attached hydrogens (tertiary/aromatic N) is 1. The SMILES string of the molecule is Clc1ccccc1-c1nc(-c2ccc3c(c2)NCCO3)cs1. The van der Waals surface area contributed by atoms with E-state index in [0.29, 0.717) is 6.61 Å². The van der Waals surface area contributed by atoms with Crippen molar-refractivity contribution in [3.8, 4) is 27.6 Å². The molecule has 3 aromatic rings. The van der Waals surface area contributed by atoms with Crippen molar-refractivity contribution in [2.24, 2.45) is 0 Å². The van der Waals surface area contributed by atoms with Crippen molar-refractivity contribution in [1.29, 1.82) is 0 Å². The van der Waals surface area contributed by atoms with Crippen LogP contribution in [0.15, 0.2) is 47.8 Å². The van der Waals surface area contributed by atoms with Gasteiger partial charge in [0.15, 0.2) is 0 Å². The van der Waals surface area contributed by atoms with Crippen LogP contribution in [0.25, 0.3) is 21.8 Å². The van der Waals surface area contributed by atoms with Crippen molar-refractivity contribution in [3.05, 3.63) is 52.9 Å². The maximum absolute atomic E-state index is 6.25. The van der Waals surface area contributed by atoms with Crippen LogP contribution >= 0.6 is 22.9 Å². The molecule has 0 saturated heterocycles. The molecular formula is C17H13ClN2OS. The summed E-state index contributed by atoms with van der Waals surface area (Å²) in [5.74, 6) is 0.900. The third-order valence-corrected chi connectivity index (χ3v) is 4.76. The first-order chi connectivity index (χ1) is 10.8. The summed E-state index contributed by atoms with van der Waals surface area (Å²) in [6.07, 6.45) is 0. The Balaban J connectivity index is 1.71. The molecule has 1 aliphatic heterocycles. The van der Waals surface area contributed by atoms with Gasteiger partial charge in [0.25, 0.3) is 0 Å². The molecule has 2 heterocycles. The number of hydrogen-bond donors (Lipinski definition) is 1. The number of nitrogens with one attached hydrogen (secondary N) is 1. The van der Waals surface area contributed by atoms with E-state index in [1.807, 2.05) is 36.4 Å². The third kappa shape index (κ3) is 2.45. The maximum Gasteiger partial charge on any atom is 0.142 e. The molecule has 0 bridgehead atoms. The average Bonchev–Trinajstić information content (AvgIpc) is 3.04. The number of rotatable bonds is 2. The largest absolute Gasteiger partial charge is 0.490 e. The van der Waals surface area contributed by atoms with Crippen LogP contribution in [0.5, 0.6) is 5.75 Å². The Bertz CT molecular complexity index is 831. The number of anilines is 1. The molecule has 0 amide bonds. The fraction of sp³-hybridized carbons (Fsp3) is 0.118. The van der Waals surface area contributed by atoms with Crippen LogP contribution < -0.4 is 10.1 Å². The van der Waals surface area contributed by atoms with Crippen LogP contribution in [0, 0.1) is 0 Å². The van der Waals surface area contributed by atoms with Gasteiger partial charge in [-0.1, -0.05) is 29.8 Å². The molecule has 4 rings (SSSR count). The first-order valence-electron chi connectivity index (χ1n) is 7.03. The van der Waals surface area contributed by atoms with E-state index >= 15 is 0 Å². The highest BCUT2D eigenvalue weighted by molar-refractivity contribution is 7.13. The van der Waals surface area contributed by atoms with Gasteiger partial charge in [-0.15, -0.1) is 11.3 Å². The minimum Gasteiger partial charge on any atom is -0.490 e. The van der Waals surface area contributed by atoms with Crippen molar-refractivity contribution in [2.45, 2.75) is 0 Å². The highest BCUT2D eigenvalue weighted by Gasteiger charge is 2.13. The Morgan fingerprint density at radius 1 is 1.18 bits per heavy atom. The van der Waals surface area contributed by atoms with Gasteiger partial charge in [-0.25, -0.2) is 4.98 Å². The van der Waals surface area contributed by atoms with E-state index in [4.69, 9.17) is 21.3 Å². The summed E-state index contributed by atoms with van der Waals surface area (Å²) >= 11 is 7.85. The number of aromatic nitrogens is 1. The zero-order chi connectivity index (χ0) is 14.9. The van der Waals surface area contributed by atoms with Crippen LogP contribution in [0.1, 0.15) is 0 Å². The minimum absolute atomic E-state index is 0.708. The summed E-state index contributed by atoms with van der Waals surface area (Å²) in [5.41, 5.74) is 4.03. The second-order valence-electron chi connectivity index (χ2n) is 5.00. The monoisotopic (exact) mass is 328 g/mol. The van der Waals surface area contributed by atoms with Crippen LogP contribution in [-0.2, 0) is 0 Å². The lowest BCUT2D eigenvalue weighted by Crippen LogP contribution is -2.17. The first-order valence-corrected chi connectivity index (χ1v) is 8.28. The van der Waals surface area contributed by atoms with Crippen LogP contribution in [0.3, 0.4) is 0 Å². The highest BCUT2D eigenvalue weighted by atomic mass is 35.5. The molecule has 0 fully saturated rings. The number of fused-ring (bicyclic) bond motifs is 1. The lowest BCUT2D eigenvalue weighted by molar-refractivity contribution is 0.323. The van der Waals surface area contributed by atoms with Crippen LogP contribution in [0.2, 0.25) is 5.02 Å². The van der Waals surface area contributed by atoms with Gasteiger partial charge in [0.1, 0.15) is 17.4 Å². The van der Waals surface area contributed by atoms with E-state index in [0.717, 1.165) is 44.8 Å². The number of halogens is 1. The second-order valence-corrected chi connectivity index (χ2v) is 6.27. The molecule has 0 spiro atoms. The average molecular weight is 329 g/mol.